The van der Waals surface area contributed by atoms with Crippen LogP contribution in [0.15, 0.2) is 6.20 Å². The largest absolute Gasteiger partial charge is 0.314 e. The maximum Gasteiger partial charge on any atom is 0.0897 e. The molecule has 3 nitrogen and oxygen atoms in total. The van der Waals surface area contributed by atoms with Gasteiger partial charge in [0, 0.05) is 36.8 Å². The van der Waals surface area contributed by atoms with Crippen LogP contribution in [0, 0.1) is 6.92 Å². The molecule has 1 saturated heterocycles. The van der Waals surface area contributed by atoms with Gasteiger partial charge in [0.1, 0.15) is 0 Å². The second kappa shape index (κ2) is 6.47. The highest BCUT2D eigenvalue weighted by atomic mass is 32.1. The third kappa shape index (κ3) is 4.05. The lowest BCUT2D eigenvalue weighted by Crippen LogP contribution is -2.42. The molecule has 0 amide bonds. The molecule has 0 unspecified atom stereocenters. The Hall–Kier alpha value is -0.450. The van der Waals surface area contributed by atoms with Crippen LogP contribution < -0.4 is 5.32 Å². The Morgan fingerprint density at radius 2 is 2.24 bits per heavy atom. The maximum atomic E-state index is 4.32. The van der Waals surface area contributed by atoms with E-state index in [2.05, 4.69) is 29.0 Å². The van der Waals surface area contributed by atoms with Crippen LogP contribution in [0.3, 0.4) is 0 Å². The second-order valence-corrected chi connectivity index (χ2v) is 6.17. The zero-order valence-corrected chi connectivity index (χ0v) is 11.7. The highest BCUT2D eigenvalue weighted by molar-refractivity contribution is 7.11. The standard InChI is InChI=1S/C13H23N3S/c1-3-6-14-12-4-7-16(8-5-12)10-13-9-15-11(2)17-13/h9,12,14H,3-8,10H2,1-2H3. The van der Waals surface area contributed by atoms with Gasteiger partial charge in [-0.15, -0.1) is 11.3 Å². The van der Waals surface area contributed by atoms with Gasteiger partial charge in [-0.25, -0.2) is 4.98 Å². The van der Waals surface area contributed by atoms with E-state index in [-0.39, 0.29) is 0 Å². The minimum atomic E-state index is 0.745. The van der Waals surface area contributed by atoms with Crippen LogP contribution in [0.2, 0.25) is 0 Å². The van der Waals surface area contributed by atoms with Gasteiger partial charge in [-0.3, -0.25) is 4.90 Å². The summed E-state index contributed by atoms with van der Waals surface area (Å²) in [4.78, 5) is 8.27. The van der Waals surface area contributed by atoms with Crippen LogP contribution >= 0.6 is 11.3 Å². The van der Waals surface area contributed by atoms with Crippen molar-refractivity contribution >= 4 is 11.3 Å². The van der Waals surface area contributed by atoms with Crippen LogP contribution in [0.4, 0.5) is 0 Å². The van der Waals surface area contributed by atoms with Crippen molar-refractivity contribution in [2.24, 2.45) is 0 Å². The monoisotopic (exact) mass is 253 g/mol. The third-order valence-electron chi connectivity index (χ3n) is 3.32. The average Bonchev–Trinajstić information content (AvgIpc) is 2.74. The Bertz CT molecular complexity index is 329. The lowest BCUT2D eigenvalue weighted by molar-refractivity contribution is 0.192. The normalized spacial score (nSPS) is 18.7. The van der Waals surface area contributed by atoms with Gasteiger partial charge in [0.05, 0.1) is 5.01 Å². The SMILES string of the molecule is CCCNC1CCN(Cc2cnc(C)s2)CC1. The number of rotatable bonds is 5. The Morgan fingerprint density at radius 3 is 2.82 bits per heavy atom. The van der Waals surface area contributed by atoms with Crippen molar-refractivity contribution in [1.82, 2.24) is 15.2 Å². The van der Waals surface area contributed by atoms with Gasteiger partial charge in [0.15, 0.2) is 0 Å². The van der Waals surface area contributed by atoms with E-state index in [9.17, 15) is 0 Å². The Kier molecular flexibility index (Phi) is 4.95. The molecule has 0 spiro atoms. The van der Waals surface area contributed by atoms with Gasteiger partial charge < -0.3 is 5.32 Å². The second-order valence-electron chi connectivity index (χ2n) is 4.85. The molecule has 0 aliphatic carbocycles. The van der Waals surface area contributed by atoms with Crippen LogP contribution in [-0.4, -0.2) is 35.6 Å². The Balaban J connectivity index is 1.72. The highest BCUT2D eigenvalue weighted by Crippen LogP contribution is 2.17. The molecule has 0 radical (unpaired) electrons. The Morgan fingerprint density at radius 1 is 1.47 bits per heavy atom. The number of piperidine rings is 1. The molecular formula is C13H23N3S. The summed E-state index contributed by atoms with van der Waals surface area (Å²) in [7, 11) is 0. The summed E-state index contributed by atoms with van der Waals surface area (Å²) in [6, 6.07) is 0.745. The summed E-state index contributed by atoms with van der Waals surface area (Å²) in [6.07, 6.45) is 5.84. The average molecular weight is 253 g/mol. The van der Waals surface area contributed by atoms with E-state index in [4.69, 9.17) is 0 Å². The van der Waals surface area contributed by atoms with Gasteiger partial charge in [-0.05, 0) is 32.7 Å². The van der Waals surface area contributed by atoms with E-state index in [0.717, 1.165) is 12.6 Å². The van der Waals surface area contributed by atoms with Crippen molar-refractivity contribution in [1.29, 1.82) is 0 Å². The molecule has 0 bridgehead atoms. The van der Waals surface area contributed by atoms with E-state index < -0.39 is 0 Å². The van der Waals surface area contributed by atoms with Gasteiger partial charge in [-0.2, -0.15) is 0 Å². The number of nitrogens with one attached hydrogen (secondary N) is 1. The molecule has 0 saturated carbocycles. The van der Waals surface area contributed by atoms with E-state index in [1.807, 2.05) is 17.5 Å². The number of hydrogen-bond acceptors (Lipinski definition) is 4. The fourth-order valence-corrected chi connectivity index (χ4v) is 3.18. The lowest BCUT2D eigenvalue weighted by atomic mass is 10.0. The quantitative estimate of drug-likeness (QED) is 0.873. The molecule has 2 rings (SSSR count). The molecular weight excluding hydrogens is 230 g/mol. The summed E-state index contributed by atoms with van der Waals surface area (Å²) in [6.45, 7) is 9.00. The number of likely N-dealkylation sites (tertiary alicyclic amines) is 1. The molecule has 1 aromatic rings. The van der Waals surface area contributed by atoms with Gasteiger partial charge in [-0.1, -0.05) is 6.92 Å². The first-order valence-electron chi connectivity index (χ1n) is 6.65. The topological polar surface area (TPSA) is 28.2 Å². The van der Waals surface area contributed by atoms with E-state index >= 15 is 0 Å². The van der Waals surface area contributed by atoms with Crippen molar-refractivity contribution in [3.63, 3.8) is 0 Å². The van der Waals surface area contributed by atoms with Gasteiger partial charge >= 0.3 is 0 Å². The fraction of sp³-hybridized carbons (Fsp3) is 0.769. The third-order valence-corrected chi connectivity index (χ3v) is 4.22. The summed E-state index contributed by atoms with van der Waals surface area (Å²) in [5.41, 5.74) is 0. The zero-order valence-electron chi connectivity index (χ0n) is 10.9. The number of thiazole rings is 1. The summed E-state index contributed by atoms with van der Waals surface area (Å²) < 4.78 is 0. The van der Waals surface area contributed by atoms with Gasteiger partial charge in [0.25, 0.3) is 0 Å². The first-order valence-corrected chi connectivity index (χ1v) is 7.46. The van der Waals surface area contributed by atoms with Crippen molar-refractivity contribution in [2.45, 2.75) is 45.7 Å². The zero-order chi connectivity index (χ0) is 12.1. The summed E-state index contributed by atoms with van der Waals surface area (Å²) in [5, 5.41) is 4.80. The predicted molar refractivity (Wildman–Crippen MR) is 73.4 cm³/mol. The minimum Gasteiger partial charge on any atom is -0.314 e. The smallest absolute Gasteiger partial charge is 0.0897 e. The molecule has 1 N–H and O–H groups in total. The van der Waals surface area contributed by atoms with Gasteiger partial charge in [0.2, 0.25) is 0 Å². The Labute approximate surface area is 108 Å². The number of nitrogens with zero attached hydrogens (tertiary/aromatic N) is 2. The van der Waals surface area contributed by atoms with E-state index in [1.54, 1.807) is 0 Å². The molecule has 2 heterocycles. The lowest BCUT2D eigenvalue weighted by Gasteiger charge is -2.32. The number of aryl methyl sites for hydroxylation is 1. The van der Waals surface area contributed by atoms with Crippen LogP contribution in [0.25, 0.3) is 0 Å². The molecule has 1 fully saturated rings. The molecule has 1 aliphatic rings. The van der Waals surface area contributed by atoms with Crippen molar-refractivity contribution in [3.05, 3.63) is 16.1 Å². The molecule has 0 atom stereocenters. The summed E-state index contributed by atoms with van der Waals surface area (Å²) >= 11 is 1.83. The number of hydrogen-bond donors (Lipinski definition) is 1. The predicted octanol–water partition coefficient (Wildman–Crippen LogP) is 2.42. The van der Waals surface area contributed by atoms with Crippen LogP contribution in [0.5, 0.6) is 0 Å². The first kappa shape index (κ1) is 13.0. The minimum absolute atomic E-state index is 0.745. The molecule has 4 heteroatoms. The van der Waals surface area contributed by atoms with Crippen molar-refractivity contribution < 1.29 is 0 Å². The number of aromatic nitrogens is 1. The fourth-order valence-electron chi connectivity index (χ4n) is 2.34. The molecule has 17 heavy (non-hydrogen) atoms. The first-order chi connectivity index (χ1) is 8.28. The van der Waals surface area contributed by atoms with E-state index in [1.165, 1.54) is 48.8 Å². The van der Waals surface area contributed by atoms with Crippen LogP contribution in [0.1, 0.15) is 36.1 Å². The maximum absolute atomic E-state index is 4.32. The molecule has 96 valence electrons. The van der Waals surface area contributed by atoms with Crippen LogP contribution in [-0.2, 0) is 6.54 Å². The molecule has 1 aromatic heterocycles. The van der Waals surface area contributed by atoms with Crippen molar-refractivity contribution in [3.8, 4) is 0 Å². The summed E-state index contributed by atoms with van der Waals surface area (Å²) in [5.74, 6) is 0. The van der Waals surface area contributed by atoms with Crippen molar-refractivity contribution in [2.75, 3.05) is 19.6 Å². The molecule has 1 aliphatic heterocycles. The van der Waals surface area contributed by atoms with E-state index in [0.29, 0.717) is 0 Å². The molecule has 0 aromatic carbocycles. The highest BCUT2D eigenvalue weighted by Gasteiger charge is 2.18.